The van der Waals surface area contributed by atoms with Crippen LogP contribution in [0.1, 0.15) is 91.4 Å². The minimum Gasteiger partial charge on any atom is -0.355 e. The van der Waals surface area contributed by atoms with Crippen LogP contribution in [0.15, 0.2) is 12.2 Å². The van der Waals surface area contributed by atoms with Crippen LogP contribution in [0.25, 0.3) is 0 Å². The third-order valence-electron chi connectivity index (χ3n) is 13.1. The van der Waals surface area contributed by atoms with Crippen molar-refractivity contribution in [1.29, 1.82) is 0 Å². The number of rotatable bonds is 3. The fraction of sp³-hybridized carbons (Fsp3) is 0.871. The van der Waals surface area contributed by atoms with Crippen molar-refractivity contribution >= 4 is 11.8 Å². The Balaban J connectivity index is 1.08. The van der Waals surface area contributed by atoms with Gasteiger partial charge >= 0.3 is 0 Å². The van der Waals surface area contributed by atoms with Gasteiger partial charge in [0.25, 0.3) is 0 Å². The van der Waals surface area contributed by atoms with E-state index in [1.165, 1.54) is 57.8 Å². The summed E-state index contributed by atoms with van der Waals surface area (Å²) in [6.07, 6.45) is 18.4. The van der Waals surface area contributed by atoms with E-state index in [0.29, 0.717) is 35.0 Å². The molecule has 0 aromatic heterocycles. The van der Waals surface area contributed by atoms with Gasteiger partial charge in [0, 0.05) is 23.9 Å². The Labute approximate surface area is 211 Å². The van der Waals surface area contributed by atoms with Crippen LogP contribution in [0.3, 0.4) is 0 Å². The molecule has 8 rings (SSSR count). The van der Waals surface area contributed by atoms with Crippen molar-refractivity contribution in [1.82, 2.24) is 10.6 Å². The molecule has 7 fully saturated rings. The second-order valence-corrected chi connectivity index (χ2v) is 15.1. The average Bonchev–Trinajstić information content (AvgIpc) is 3.07. The van der Waals surface area contributed by atoms with Gasteiger partial charge in [0.15, 0.2) is 0 Å². The average molecular weight is 479 g/mol. The number of nitrogens with one attached hydrogen (secondary N) is 2. The minimum atomic E-state index is 0.0697. The SMILES string of the molecule is CC1C[C@H]2[C@@H]3CCC4NC(=O)C=C[C@]4(C)[C@@H]3CC[C@]2(C)C1C(=O)NCC12CC3CC(CC(C3)C1)C2. The zero-order chi connectivity index (χ0) is 24.2. The Morgan fingerprint density at radius 1 is 1.00 bits per heavy atom. The molecule has 7 saturated carbocycles. The van der Waals surface area contributed by atoms with E-state index in [0.717, 1.165) is 37.1 Å². The summed E-state index contributed by atoms with van der Waals surface area (Å²) in [5.74, 6) is 5.84. The maximum Gasteiger partial charge on any atom is 0.243 e. The zero-order valence-corrected chi connectivity index (χ0v) is 22.2. The van der Waals surface area contributed by atoms with Crippen molar-refractivity contribution in [2.45, 2.75) is 97.4 Å². The van der Waals surface area contributed by atoms with Gasteiger partial charge in [-0.25, -0.2) is 0 Å². The Kier molecular flexibility index (Phi) is 4.96. The summed E-state index contributed by atoms with van der Waals surface area (Å²) in [7, 11) is 0. The highest BCUT2D eigenvalue weighted by molar-refractivity contribution is 5.89. The molecule has 8 atom stereocenters. The summed E-state index contributed by atoms with van der Waals surface area (Å²) in [5, 5.41) is 6.88. The van der Waals surface area contributed by atoms with Gasteiger partial charge in [-0.3, -0.25) is 9.59 Å². The van der Waals surface area contributed by atoms with Gasteiger partial charge in [0.1, 0.15) is 0 Å². The number of amides is 2. The van der Waals surface area contributed by atoms with Crippen molar-refractivity contribution in [2.24, 2.45) is 63.6 Å². The predicted octanol–water partition coefficient (Wildman–Crippen LogP) is 5.48. The van der Waals surface area contributed by atoms with E-state index < -0.39 is 0 Å². The van der Waals surface area contributed by atoms with Crippen LogP contribution in [-0.4, -0.2) is 24.4 Å². The molecule has 35 heavy (non-hydrogen) atoms. The number of hydrogen-bond donors (Lipinski definition) is 2. The molecule has 4 bridgehead atoms. The standard InChI is InChI=1S/C31H46N2O2/c1-18-10-24-22-4-5-25-29(2,9-7-26(34)33-25)23(22)6-8-30(24,3)27(18)28(35)32-17-31-14-19-11-20(15-31)13-21(12-19)16-31/h7,9,18-25,27H,4-6,8,10-17H2,1-3H3,(H,32,35)(H,33,34)/t18?,19?,20?,21?,22-,23-,24+,25?,27?,29-,30+,31?/m1/s1. The maximum absolute atomic E-state index is 13.9. The van der Waals surface area contributed by atoms with Crippen LogP contribution in [0.2, 0.25) is 0 Å². The molecule has 0 aromatic rings. The van der Waals surface area contributed by atoms with Gasteiger partial charge in [-0.15, -0.1) is 0 Å². The van der Waals surface area contributed by atoms with Gasteiger partial charge in [-0.2, -0.15) is 0 Å². The molecule has 0 saturated heterocycles. The van der Waals surface area contributed by atoms with E-state index in [-0.39, 0.29) is 28.7 Å². The quantitative estimate of drug-likeness (QED) is 0.564. The van der Waals surface area contributed by atoms with Gasteiger partial charge in [-0.05, 0) is 129 Å². The molecule has 8 aliphatic rings. The highest BCUT2D eigenvalue weighted by atomic mass is 16.2. The molecular weight excluding hydrogens is 432 g/mol. The first-order valence-corrected chi connectivity index (χ1v) is 15.0. The van der Waals surface area contributed by atoms with E-state index in [1.54, 1.807) is 6.08 Å². The summed E-state index contributed by atoms with van der Waals surface area (Å²) in [5.41, 5.74) is 0.603. The highest BCUT2D eigenvalue weighted by Crippen LogP contribution is 2.66. The maximum atomic E-state index is 13.9. The Morgan fingerprint density at radius 2 is 1.69 bits per heavy atom. The summed E-state index contributed by atoms with van der Waals surface area (Å²) >= 11 is 0. The largest absolute Gasteiger partial charge is 0.355 e. The van der Waals surface area contributed by atoms with Crippen molar-refractivity contribution in [3.8, 4) is 0 Å². The molecule has 1 aliphatic heterocycles. The Morgan fingerprint density at radius 3 is 2.37 bits per heavy atom. The smallest absolute Gasteiger partial charge is 0.243 e. The molecule has 1 heterocycles. The van der Waals surface area contributed by atoms with Crippen molar-refractivity contribution < 1.29 is 9.59 Å². The van der Waals surface area contributed by atoms with Crippen molar-refractivity contribution in [2.75, 3.05) is 6.54 Å². The Hall–Kier alpha value is -1.32. The normalized spacial score (nSPS) is 55.6. The second-order valence-electron chi connectivity index (χ2n) is 15.1. The molecule has 0 radical (unpaired) electrons. The lowest BCUT2D eigenvalue weighted by Crippen LogP contribution is -2.59. The van der Waals surface area contributed by atoms with Gasteiger partial charge < -0.3 is 10.6 Å². The number of fused-ring (bicyclic) bond motifs is 5. The first kappa shape index (κ1) is 22.8. The van der Waals surface area contributed by atoms with Crippen LogP contribution in [-0.2, 0) is 9.59 Å². The highest BCUT2D eigenvalue weighted by Gasteiger charge is 2.63. The first-order valence-electron chi connectivity index (χ1n) is 15.0. The van der Waals surface area contributed by atoms with E-state index >= 15 is 0 Å². The molecule has 4 heteroatoms. The molecule has 4 nitrogen and oxygen atoms in total. The first-order chi connectivity index (χ1) is 16.7. The van der Waals surface area contributed by atoms with E-state index in [4.69, 9.17) is 0 Å². The third kappa shape index (κ3) is 3.29. The van der Waals surface area contributed by atoms with Crippen molar-refractivity contribution in [3.63, 3.8) is 0 Å². The van der Waals surface area contributed by atoms with Crippen LogP contribution >= 0.6 is 0 Å². The fourth-order valence-corrected chi connectivity index (χ4v) is 12.1. The monoisotopic (exact) mass is 478 g/mol. The number of carbonyl (C=O) groups excluding carboxylic acids is 2. The lowest BCUT2D eigenvalue weighted by Gasteiger charge is -2.59. The third-order valence-corrected chi connectivity index (χ3v) is 13.1. The zero-order valence-electron chi connectivity index (χ0n) is 22.2. The molecule has 2 N–H and O–H groups in total. The number of hydrogen-bond acceptors (Lipinski definition) is 2. The summed E-state index contributed by atoms with van der Waals surface area (Å²) < 4.78 is 0. The van der Waals surface area contributed by atoms with Crippen LogP contribution in [0.5, 0.6) is 0 Å². The van der Waals surface area contributed by atoms with Gasteiger partial charge in [-0.1, -0.05) is 26.8 Å². The van der Waals surface area contributed by atoms with Gasteiger partial charge in [0.05, 0.1) is 0 Å². The molecule has 3 unspecified atom stereocenters. The molecule has 7 aliphatic carbocycles. The van der Waals surface area contributed by atoms with Crippen molar-refractivity contribution in [3.05, 3.63) is 12.2 Å². The molecule has 2 amide bonds. The summed E-state index contributed by atoms with van der Waals surface area (Å²) in [6, 6.07) is 0.281. The minimum absolute atomic E-state index is 0.0697. The molecule has 192 valence electrons. The van der Waals surface area contributed by atoms with Crippen LogP contribution in [0, 0.1) is 63.6 Å². The van der Waals surface area contributed by atoms with E-state index in [1.807, 2.05) is 0 Å². The summed E-state index contributed by atoms with van der Waals surface area (Å²) in [4.78, 5) is 26.0. The lowest BCUT2D eigenvalue weighted by atomic mass is 9.48. The van der Waals surface area contributed by atoms with E-state index in [9.17, 15) is 9.59 Å². The topological polar surface area (TPSA) is 58.2 Å². The Bertz CT molecular complexity index is 920. The lowest BCUT2D eigenvalue weighted by molar-refractivity contribution is -0.137. The van der Waals surface area contributed by atoms with E-state index in [2.05, 4.69) is 37.5 Å². The second kappa shape index (κ2) is 7.60. The molecule has 0 aromatic carbocycles. The molecule has 0 spiro atoms. The van der Waals surface area contributed by atoms with Crippen LogP contribution < -0.4 is 10.6 Å². The number of carbonyl (C=O) groups is 2. The fourth-order valence-electron chi connectivity index (χ4n) is 12.1. The van der Waals surface area contributed by atoms with Crippen LogP contribution in [0.4, 0.5) is 0 Å². The molecular formula is C31H46N2O2. The predicted molar refractivity (Wildman–Crippen MR) is 137 cm³/mol. The summed E-state index contributed by atoms with van der Waals surface area (Å²) in [6.45, 7) is 8.16. The van der Waals surface area contributed by atoms with Gasteiger partial charge in [0.2, 0.25) is 11.8 Å².